The predicted molar refractivity (Wildman–Crippen MR) is 86.2 cm³/mol. The van der Waals surface area contributed by atoms with Crippen LogP contribution in [0.1, 0.15) is 35.2 Å². The first-order valence-electron chi connectivity index (χ1n) is 7.25. The number of carbonyl (C=O) groups excluding carboxylic acids is 1. The molecule has 2 aromatic carbocycles. The number of unbranched alkanes of at least 4 members (excludes halogenated alkanes) is 1. The highest BCUT2D eigenvalue weighted by Crippen LogP contribution is 2.15. The number of phenolic OH excluding ortho intramolecular Hbond substituents is 1. The third-order valence-electron chi connectivity index (χ3n) is 3.53. The monoisotopic (exact) mass is 334 g/mol. The van der Waals surface area contributed by atoms with E-state index in [2.05, 4.69) is 0 Å². The standard InChI is InChI=1S/C17H18O5S/c18-15-9-7-14(8-10-15)17(19)4-2-1-3-13-5-11-16(12-6-13)23(20,21)22/h5-12,18H,1-4H2,(H,20,21,22). The Morgan fingerprint density at radius 2 is 1.52 bits per heavy atom. The van der Waals surface area contributed by atoms with Crippen molar-refractivity contribution in [1.82, 2.24) is 0 Å². The van der Waals surface area contributed by atoms with Gasteiger partial charge >= 0.3 is 0 Å². The van der Waals surface area contributed by atoms with Crippen LogP contribution in [0.15, 0.2) is 53.4 Å². The molecule has 6 heteroatoms. The molecule has 0 aliphatic rings. The fourth-order valence-electron chi connectivity index (χ4n) is 2.23. The van der Waals surface area contributed by atoms with Crippen LogP contribution in [0.5, 0.6) is 5.75 Å². The van der Waals surface area contributed by atoms with E-state index < -0.39 is 10.1 Å². The van der Waals surface area contributed by atoms with E-state index in [-0.39, 0.29) is 16.4 Å². The Labute approximate surface area is 135 Å². The molecule has 0 aliphatic heterocycles. The minimum Gasteiger partial charge on any atom is -0.508 e. The van der Waals surface area contributed by atoms with E-state index in [0.717, 1.165) is 24.8 Å². The number of Topliss-reactive ketones (excluding diaryl/α,β-unsaturated/α-hetero) is 1. The van der Waals surface area contributed by atoms with Crippen LogP contribution in [0.4, 0.5) is 0 Å². The van der Waals surface area contributed by atoms with E-state index in [1.54, 1.807) is 24.3 Å². The molecule has 2 N–H and O–H groups in total. The van der Waals surface area contributed by atoms with Crippen molar-refractivity contribution in [2.24, 2.45) is 0 Å². The van der Waals surface area contributed by atoms with E-state index in [1.165, 1.54) is 24.3 Å². The Morgan fingerprint density at radius 1 is 0.913 bits per heavy atom. The first kappa shape index (κ1) is 17.2. The highest BCUT2D eigenvalue weighted by molar-refractivity contribution is 7.85. The summed E-state index contributed by atoms with van der Waals surface area (Å²) < 4.78 is 30.8. The van der Waals surface area contributed by atoms with Gasteiger partial charge in [-0.15, -0.1) is 0 Å². The number of hydrogen-bond acceptors (Lipinski definition) is 4. The van der Waals surface area contributed by atoms with Crippen molar-refractivity contribution in [2.45, 2.75) is 30.6 Å². The Bertz CT molecular complexity index is 762. The maximum absolute atomic E-state index is 11.9. The van der Waals surface area contributed by atoms with Gasteiger partial charge in [0.15, 0.2) is 5.78 Å². The van der Waals surface area contributed by atoms with Gasteiger partial charge in [-0.25, -0.2) is 0 Å². The summed E-state index contributed by atoms with van der Waals surface area (Å²) in [5, 5.41) is 9.18. The largest absolute Gasteiger partial charge is 0.508 e. The highest BCUT2D eigenvalue weighted by Gasteiger charge is 2.09. The fraction of sp³-hybridized carbons (Fsp3) is 0.235. The zero-order chi connectivity index (χ0) is 16.9. The molecule has 122 valence electrons. The molecular formula is C17H18O5S. The molecule has 23 heavy (non-hydrogen) atoms. The second kappa shape index (κ2) is 7.39. The van der Waals surface area contributed by atoms with Crippen LogP contribution in [-0.2, 0) is 16.5 Å². The molecule has 0 heterocycles. The van der Waals surface area contributed by atoms with Gasteiger partial charge in [0.05, 0.1) is 4.90 Å². The molecule has 2 rings (SSSR count). The first-order valence-corrected chi connectivity index (χ1v) is 8.69. The predicted octanol–water partition coefficient (Wildman–Crippen LogP) is 3.23. The quantitative estimate of drug-likeness (QED) is 0.461. The summed E-state index contributed by atoms with van der Waals surface area (Å²) in [6.07, 6.45) is 2.68. The van der Waals surface area contributed by atoms with Crippen molar-refractivity contribution in [3.63, 3.8) is 0 Å². The molecule has 0 unspecified atom stereocenters. The van der Waals surface area contributed by atoms with Crippen molar-refractivity contribution in [1.29, 1.82) is 0 Å². The lowest BCUT2D eigenvalue weighted by molar-refractivity contribution is 0.0979. The van der Waals surface area contributed by atoms with Gasteiger partial charge in [0, 0.05) is 12.0 Å². The summed E-state index contributed by atoms with van der Waals surface area (Å²) in [5.74, 6) is 0.168. The zero-order valence-electron chi connectivity index (χ0n) is 12.5. The maximum Gasteiger partial charge on any atom is 0.294 e. The molecule has 0 fully saturated rings. The number of aryl methyl sites for hydroxylation is 1. The summed E-state index contributed by atoms with van der Waals surface area (Å²) in [7, 11) is -4.15. The third kappa shape index (κ3) is 5.19. The normalized spacial score (nSPS) is 11.3. The van der Waals surface area contributed by atoms with E-state index in [1.807, 2.05) is 0 Å². The van der Waals surface area contributed by atoms with Gasteiger partial charge in [-0.05, 0) is 61.2 Å². The van der Waals surface area contributed by atoms with Gasteiger partial charge in [0.1, 0.15) is 5.75 Å². The van der Waals surface area contributed by atoms with Crippen LogP contribution in [0.25, 0.3) is 0 Å². The molecule has 0 saturated heterocycles. The van der Waals surface area contributed by atoms with Crippen LogP contribution in [-0.4, -0.2) is 23.9 Å². The Hall–Kier alpha value is -2.18. The number of hydrogen-bond donors (Lipinski definition) is 2. The number of ketones is 1. The molecule has 5 nitrogen and oxygen atoms in total. The van der Waals surface area contributed by atoms with Crippen molar-refractivity contribution in [3.05, 3.63) is 59.7 Å². The van der Waals surface area contributed by atoms with Crippen LogP contribution < -0.4 is 0 Å². The SMILES string of the molecule is O=C(CCCCc1ccc(S(=O)(=O)O)cc1)c1ccc(O)cc1. The van der Waals surface area contributed by atoms with Crippen molar-refractivity contribution >= 4 is 15.9 Å². The second-order valence-electron chi connectivity index (χ2n) is 5.30. The topological polar surface area (TPSA) is 91.7 Å². The Kier molecular flexibility index (Phi) is 5.52. The van der Waals surface area contributed by atoms with Crippen molar-refractivity contribution in [2.75, 3.05) is 0 Å². The van der Waals surface area contributed by atoms with Gasteiger partial charge in [0.25, 0.3) is 10.1 Å². The van der Waals surface area contributed by atoms with E-state index >= 15 is 0 Å². The molecule has 0 aromatic heterocycles. The lowest BCUT2D eigenvalue weighted by Gasteiger charge is -2.04. The van der Waals surface area contributed by atoms with Crippen LogP contribution in [0.3, 0.4) is 0 Å². The average molecular weight is 334 g/mol. The van der Waals surface area contributed by atoms with Gasteiger partial charge in [0.2, 0.25) is 0 Å². The third-order valence-corrected chi connectivity index (χ3v) is 4.40. The fourth-order valence-corrected chi connectivity index (χ4v) is 2.71. The zero-order valence-corrected chi connectivity index (χ0v) is 13.3. The van der Waals surface area contributed by atoms with Gasteiger partial charge in [-0.2, -0.15) is 8.42 Å². The Balaban J connectivity index is 1.79. The summed E-state index contributed by atoms with van der Waals surface area (Å²) >= 11 is 0. The maximum atomic E-state index is 11.9. The number of aromatic hydroxyl groups is 1. The molecule has 0 spiro atoms. The van der Waals surface area contributed by atoms with Crippen LogP contribution in [0.2, 0.25) is 0 Å². The summed E-state index contributed by atoms with van der Waals surface area (Å²) in [4.78, 5) is 11.8. The van der Waals surface area contributed by atoms with Gasteiger partial charge in [-0.1, -0.05) is 12.1 Å². The van der Waals surface area contributed by atoms with E-state index in [9.17, 15) is 18.3 Å². The first-order chi connectivity index (χ1) is 10.9. The summed E-state index contributed by atoms with van der Waals surface area (Å²) in [5.41, 5.74) is 1.54. The van der Waals surface area contributed by atoms with Crippen molar-refractivity contribution in [3.8, 4) is 5.75 Å². The molecule has 2 aromatic rings. The van der Waals surface area contributed by atoms with Crippen LogP contribution in [0, 0.1) is 0 Å². The second-order valence-corrected chi connectivity index (χ2v) is 6.72. The lowest BCUT2D eigenvalue weighted by atomic mass is 10.0. The average Bonchev–Trinajstić information content (AvgIpc) is 2.51. The number of rotatable bonds is 7. The van der Waals surface area contributed by atoms with Crippen molar-refractivity contribution < 1.29 is 22.9 Å². The molecule has 0 saturated carbocycles. The smallest absolute Gasteiger partial charge is 0.294 e. The molecule has 0 bridgehead atoms. The lowest BCUT2D eigenvalue weighted by Crippen LogP contribution is -1.99. The molecule has 0 amide bonds. The molecule has 0 atom stereocenters. The highest BCUT2D eigenvalue weighted by atomic mass is 32.2. The Morgan fingerprint density at radius 3 is 2.09 bits per heavy atom. The van der Waals surface area contributed by atoms with Gasteiger partial charge in [-0.3, -0.25) is 9.35 Å². The van der Waals surface area contributed by atoms with Gasteiger partial charge < -0.3 is 5.11 Å². The van der Waals surface area contributed by atoms with Crippen LogP contribution >= 0.6 is 0 Å². The minimum atomic E-state index is -4.15. The summed E-state index contributed by atoms with van der Waals surface area (Å²) in [6, 6.07) is 12.2. The molecule has 0 aliphatic carbocycles. The van der Waals surface area contributed by atoms with E-state index in [4.69, 9.17) is 4.55 Å². The number of benzene rings is 2. The van der Waals surface area contributed by atoms with E-state index in [0.29, 0.717) is 12.0 Å². The number of phenols is 1. The molecule has 0 radical (unpaired) electrons. The minimum absolute atomic E-state index is 0.0340. The number of carbonyl (C=O) groups is 1. The molecular weight excluding hydrogens is 316 g/mol. The summed E-state index contributed by atoms with van der Waals surface area (Å²) in [6.45, 7) is 0.